The van der Waals surface area contributed by atoms with Crippen LogP contribution in [-0.2, 0) is 15.9 Å². The van der Waals surface area contributed by atoms with E-state index in [9.17, 15) is 8.42 Å². The number of nitrogens with zero attached hydrogens (tertiary/aromatic N) is 2. The van der Waals surface area contributed by atoms with Gasteiger partial charge in [-0.15, -0.1) is 5.11 Å². The second-order valence-electron chi connectivity index (χ2n) is 5.09. The van der Waals surface area contributed by atoms with Gasteiger partial charge in [0.1, 0.15) is 5.75 Å². The van der Waals surface area contributed by atoms with Gasteiger partial charge in [0.2, 0.25) is 0 Å². The van der Waals surface area contributed by atoms with Crippen molar-refractivity contribution in [2.75, 3.05) is 0 Å². The lowest BCUT2D eigenvalue weighted by molar-refractivity contribution is 0.482. The molecule has 0 amide bonds. The maximum absolute atomic E-state index is 10.8. The van der Waals surface area contributed by atoms with E-state index in [2.05, 4.69) is 10.2 Å². The Morgan fingerprint density at radius 3 is 2.26 bits per heavy atom. The fourth-order valence-electron chi connectivity index (χ4n) is 2.28. The zero-order valence-corrected chi connectivity index (χ0v) is 12.9. The second-order valence-corrected chi connectivity index (χ2v) is 6.54. The molecule has 23 heavy (non-hydrogen) atoms. The lowest BCUT2D eigenvalue weighted by atomic mass is 10.1. The smallest absolute Gasteiger partial charge is 0.269 e. The molecule has 0 fully saturated rings. The predicted molar refractivity (Wildman–Crippen MR) is 89.8 cm³/mol. The van der Waals surface area contributed by atoms with Crippen molar-refractivity contribution in [2.24, 2.45) is 10.2 Å². The third-order valence-electron chi connectivity index (χ3n) is 3.33. The molecule has 3 aromatic rings. The van der Waals surface area contributed by atoms with Crippen LogP contribution in [0, 0.1) is 0 Å². The van der Waals surface area contributed by atoms with Crippen LogP contribution in [-0.4, -0.2) is 13.0 Å². The highest BCUT2D eigenvalue weighted by Gasteiger charge is 2.06. The molecule has 0 unspecified atom stereocenters. The van der Waals surface area contributed by atoms with Gasteiger partial charge in [-0.2, -0.15) is 13.5 Å². The highest BCUT2D eigenvalue weighted by Crippen LogP contribution is 2.27. The van der Waals surface area contributed by atoms with Crippen molar-refractivity contribution in [1.29, 1.82) is 0 Å². The Morgan fingerprint density at radius 2 is 1.52 bits per heavy atom. The van der Waals surface area contributed by atoms with Crippen molar-refractivity contribution in [3.8, 4) is 0 Å². The van der Waals surface area contributed by atoms with Crippen LogP contribution in [0.1, 0.15) is 5.56 Å². The van der Waals surface area contributed by atoms with Gasteiger partial charge in [0.15, 0.2) is 0 Å². The van der Waals surface area contributed by atoms with E-state index in [0.717, 1.165) is 16.5 Å². The second kappa shape index (κ2) is 6.28. The number of rotatable bonds is 4. The van der Waals surface area contributed by atoms with Crippen molar-refractivity contribution < 1.29 is 13.0 Å². The Bertz CT molecular complexity index is 959. The van der Waals surface area contributed by atoms with Crippen molar-refractivity contribution in [3.63, 3.8) is 0 Å². The molecule has 0 aliphatic rings. The van der Waals surface area contributed by atoms with Gasteiger partial charge >= 0.3 is 0 Å². The summed E-state index contributed by atoms with van der Waals surface area (Å²) in [7, 11) is -4.02. The minimum absolute atomic E-state index is 0.409. The molecule has 116 valence electrons. The molecule has 3 aromatic carbocycles. The number of hydrogen-bond acceptors (Lipinski definition) is 4. The first kappa shape index (κ1) is 15.3. The normalized spacial score (nSPS) is 12.0. The van der Waals surface area contributed by atoms with Crippen molar-refractivity contribution >= 4 is 32.3 Å². The molecule has 0 bridgehead atoms. The molecule has 1 N–H and O–H groups in total. The first-order valence-corrected chi connectivity index (χ1v) is 8.56. The molecule has 0 aliphatic carbocycles. The third kappa shape index (κ3) is 4.00. The van der Waals surface area contributed by atoms with Crippen LogP contribution in [0.4, 0.5) is 11.4 Å². The standard InChI is InChI=1S/C17H14N2O3S/c20-23(21,22)12-13-8-10-15(11-9-13)18-19-17-7-3-5-14-4-1-2-6-16(14)17/h1-11H,12H2,(H,20,21,22). The van der Waals surface area contributed by atoms with Gasteiger partial charge in [0.05, 0.1) is 11.4 Å². The Kier molecular flexibility index (Phi) is 4.18. The molecular weight excluding hydrogens is 312 g/mol. The topological polar surface area (TPSA) is 79.1 Å². The summed E-state index contributed by atoms with van der Waals surface area (Å²) in [5.74, 6) is -0.409. The van der Waals surface area contributed by atoms with Crippen LogP contribution in [0.15, 0.2) is 77.0 Å². The van der Waals surface area contributed by atoms with Crippen molar-refractivity contribution in [2.45, 2.75) is 5.75 Å². The Hall–Kier alpha value is -2.57. The summed E-state index contributed by atoms with van der Waals surface area (Å²) in [6.07, 6.45) is 0. The number of benzene rings is 3. The van der Waals surface area contributed by atoms with Crippen LogP contribution < -0.4 is 0 Å². The van der Waals surface area contributed by atoms with Crippen molar-refractivity contribution in [3.05, 3.63) is 72.3 Å². The lowest BCUT2D eigenvalue weighted by Crippen LogP contribution is -2.00. The molecule has 0 aromatic heterocycles. The van der Waals surface area contributed by atoms with Crippen molar-refractivity contribution in [1.82, 2.24) is 0 Å². The summed E-state index contributed by atoms with van der Waals surface area (Å²) < 4.78 is 30.5. The summed E-state index contributed by atoms with van der Waals surface area (Å²) in [4.78, 5) is 0. The Balaban J connectivity index is 1.85. The predicted octanol–water partition coefficient (Wildman–Crippen LogP) is 4.64. The highest BCUT2D eigenvalue weighted by molar-refractivity contribution is 7.85. The quantitative estimate of drug-likeness (QED) is 0.560. The lowest BCUT2D eigenvalue weighted by Gasteiger charge is -2.01. The van der Waals surface area contributed by atoms with Gasteiger partial charge in [-0.25, -0.2) is 0 Å². The van der Waals surface area contributed by atoms with Crippen LogP contribution >= 0.6 is 0 Å². The first-order valence-electron chi connectivity index (χ1n) is 6.95. The fourth-order valence-corrected chi connectivity index (χ4v) is 2.89. The minimum Gasteiger partial charge on any atom is -0.285 e. The Labute approximate surface area is 134 Å². The van der Waals surface area contributed by atoms with E-state index in [1.54, 1.807) is 24.3 Å². The number of hydrogen-bond donors (Lipinski definition) is 1. The molecular formula is C17H14N2O3S. The van der Waals surface area contributed by atoms with E-state index >= 15 is 0 Å². The minimum atomic E-state index is -4.02. The van der Waals surface area contributed by atoms with E-state index in [4.69, 9.17) is 4.55 Å². The van der Waals surface area contributed by atoms with Crippen LogP contribution in [0.3, 0.4) is 0 Å². The van der Waals surface area contributed by atoms with Gasteiger partial charge in [-0.1, -0.05) is 48.5 Å². The average Bonchev–Trinajstić information content (AvgIpc) is 2.53. The highest BCUT2D eigenvalue weighted by atomic mass is 32.2. The molecule has 0 aliphatic heterocycles. The molecule has 0 heterocycles. The molecule has 0 spiro atoms. The van der Waals surface area contributed by atoms with E-state index in [0.29, 0.717) is 11.3 Å². The maximum Gasteiger partial charge on any atom is 0.269 e. The monoisotopic (exact) mass is 326 g/mol. The van der Waals surface area contributed by atoms with Crippen LogP contribution in [0.25, 0.3) is 10.8 Å². The van der Waals surface area contributed by atoms with Crippen LogP contribution in [0.2, 0.25) is 0 Å². The molecule has 6 heteroatoms. The molecule has 0 atom stereocenters. The summed E-state index contributed by atoms with van der Waals surface area (Å²) in [6.45, 7) is 0. The molecule has 0 radical (unpaired) electrons. The fraction of sp³-hybridized carbons (Fsp3) is 0.0588. The zero-order chi connectivity index (χ0) is 16.3. The van der Waals surface area contributed by atoms with Gasteiger partial charge in [0, 0.05) is 5.39 Å². The average molecular weight is 326 g/mol. The van der Waals surface area contributed by atoms with E-state index in [1.807, 2.05) is 42.5 Å². The van der Waals surface area contributed by atoms with E-state index in [-0.39, 0.29) is 0 Å². The maximum atomic E-state index is 10.8. The SMILES string of the molecule is O=S(=O)(O)Cc1ccc(N=Nc2cccc3ccccc23)cc1. The number of fused-ring (bicyclic) bond motifs is 1. The molecule has 5 nitrogen and oxygen atoms in total. The number of azo groups is 1. The third-order valence-corrected chi connectivity index (χ3v) is 4.02. The summed E-state index contributed by atoms with van der Waals surface area (Å²) in [6, 6.07) is 20.3. The van der Waals surface area contributed by atoms with Crippen LogP contribution in [0.5, 0.6) is 0 Å². The summed E-state index contributed by atoms with van der Waals surface area (Å²) in [5.41, 5.74) is 1.87. The van der Waals surface area contributed by atoms with Gasteiger partial charge in [-0.3, -0.25) is 4.55 Å². The van der Waals surface area contributed by atoms with E-state index in [1.165, 1.54) is 0 Å². The summed E-state index contributed by atoms with van der Waals surface area (Å²) in [5, 5.41) is 10.5. The van der Waals surface area contributed by atoms with E-state index < -0.39 is 15.9 Å². The largest absolute Gasteiger partial charge is 0.285 e. The molecule has 3 rings (SSSR count). The van der Waals surface area contributed by atoms with Gasteiger partial charge < -0.3 is 0 Å². The summed E-state index contributed by atoms with van der Waals surface area (Å²) >= 11 is 0. The van der Waals surface area contributed by atoms with Gasteiger partial charge in [0.25, 0.3) is 10.1 Å². The first-order chi connectivity index (χ1) is 11.0. The molecule has 0 saturated carbocycles. The molecule has 0 saturated heterocycles. The van der Waals surface area contributed by atoms with Gasteiger partial charge in [-0.05, 0) is 29.1 Å². The zero-order valence-electron chi connectivity index (χ0n) is 12.1. The Morgan fingerprint density at radius 1 is 0.826 bits per heavy atom.